The average molecular weight is 865 g/mol. The van der Waals surface area contributed by atoms with E-state index in [-0.39, 0.29) is 25.2 Å². The Balaban J connectivity index is 4.29. The monoisotopic (exact) mass is 865 g/mol. The van der Waals surface area contributed by atoms with Crippen LogP contribution in [0.4, 0.5) is 0 Å². The van der Waals surface area contributed by atoms with Crippen LogP contribution in [0.2, 0.25) is 0 Å². The Morgan fingerprint density at radius 3 is 1.19 bits per heavy atom. The van der Waals surface area contributed by atoms with Crippen LogP contribution in [0.15, 0.2) is 72.9 Å². The molecule has 358 valence electrons. The number of ether oxygens (including phenoxy) is 3. The lowest BCUT2D eigenvalue weighted by Crippen LogP contribution is -2.30. The highest BCUT2D eigenvalue weighted by molar-refractivity contribution is 5.70. The first kappa shape index (κ1) is 59.3. The summed E-state index contributed by atoms with van der Waals surface area (Å²) in [7, 11) is 0. The molecule has 0 saturated heterocycles. The van der Waals surface area contributed by atoms with Crippen molar-refractivity contribution in [2.45, 2.75) is 258 Å². The lowest BCUT2D eigenvalue weighted by Gasteiger charge is -2.18. The summed E-state index contributed by atoms with van der Waals surface area (Å²) in [5.41, 5.74) is 0. The van der Waals surface area contributed by atoms with Crippen LogP contribution in [0.5, 0.6) is 0 Å². The minimum absolute atomic E-state index is 0.0689. The molecule has 0 aliphatic heterocycles. The van der Waals surface area contributed by atoms with Crippen molar-refractivity contribution in [3.8, 4) is 0 Å². The molecule has 0 aliphatic carbocycles. The van der Waals surface area contributed by atoms with Gasteiger partial charge in [0.05, 0.1) is 6.61 Å². The molecule has 0 rings (SSSR count). The lowest BCUT2D eigenvalue weighted by molar-refractivity contribution is -0.163. The van der Waals surface area contributed by atoms with E-state index in [9.17, 15) is 9.59 Å². The standard InChI is InChI=1S/C57H100O5/c1-4-7-10-13-16-19-22-25-26-27-28-29-30-31-34-37-40-43-46-49-52-60-53-55(62-57(59)51-48-45-42-39-36-33-24-21-18-15-12-9-6-3)54-61-56(58)50-47-44-41-38-35-32-23-20-17-14-11-8-5-2/h11,14,16,19-21,23-26,28-29,55H,4-10,12-13,15,17-18,22,27,30-54H2,1-3H3/b14-11-,19-16-,23-20-,24-21-,26-25-,29-28-. The van der Waals surface area contributed by atoms with Gasteiger partial charge in [-0.25, -0.2) is 0 Å². The van der Waals surface area contributed by atoms with E-state index in [0.717, 1.165) is 83.5 Å². The Labute approximate surface area is 385 Å². The molecule has 0 saturated carbocycles. The van der Waals surface area contributed by atoms with E-state index < -0.39 is 6.10 Å². The Morgan fingerprint density at radius 2 is 0.710 bits per heavy atom. The van der Waals surface area contributed by atoms with Gasteiger partial charge >= 0.3 is 11.9 Å². The summed E-state index contributed by atoms with van der Waals surface area (Å²) >= 11 is 0. The Bertz CT molecular complexity index is 1110. The largest absolute Gasteiger partial charge is 0.462 e. The van der Waals surface area contributed by atoms with Crippen LogP contribution in [0, 0.1) is 0 Å². The van der Waals surface area contributed by atoms with Gasteiger partial charge < -0.3 is 14.2 Å². The van der Waals surface area contributed by atoms with Crippen molar-refractivity contribution in [2.24, 2.45) is 0 Å². The first-order chi connectivity index (χ1) is 30.6. The molecule has 0 aromatic carbocycles. The van der Waals surface area contributed by atoms with Gasteiger partial charge in [-0.2, -0.15) is 0 Å². The van der Waals surface area contributed by atoms with Crippen LogP contribution in [-0.2, 0) is 23.8 Å². The predicted octanol–water partition coefficient (Wildman–Crippen LogP) is 17.9. The zero-order chi connectivity index (χ0) is 44.9. The second-order valence-corrected chi connectivity index (χ2v) is 17.4. The maximum absolute atomic E-state index is 12.8. The molecule has 1 atom stereocenters. The second kappa shape index (κ2) is 52.7. The predicted molar refractivity (Wildman–Crippen MR) is 270 cm³/mol. The summed E-state index contributed by atoms with van der Waals surface area (Å²) in [6, 6.07) is 0. The maximum Gasteiger partial charge on any atom is 0.306 e. The fourth-order valence-corrected chi connectivity index (χ4v) is 7.20. The van der Waals surface area contributed by atoms with Gasteiger partial charge in [-0.05, 0) is 109 Å². The SMILES string of the molecule is CCC/C=C\C/C=C\CCCCCCCC(=O)OCC(COCCCCCCCCC/C=C\C/C=C\C/C=C\CCCCC)OC(=O)CCCCCCC/C=C\CCCCCC. The van der Waals surface area contributed by atoms with E-state index in [2.05, 4.69) is 93.7 Å². The van der Waals surface area contributed by atoms with Crippen LogP contribution >= 0.6 is 0 Å². The highest BCUT2D eigenvalue weighted by atomic mass is 16.6. The summed E-state index contributed by atoms with van der Waals surface area (Å²) in [4.78, 5) is 25.4. The van der Waals surface area contributed by atoms with Crippen molar-refractivity contribution < 1.29 is 23.8 Å². The molecule has 5 heteroatoms. The number of carbonyl (C=O) groups excluding carboxylic acids is 2. The first-order valence-corrected chi connectivity index (χ1v) is 26.5. The van der Waals surface area contributed by atoms with Gasteiger partial charge in [0, 0.05) is 19.4 Å². The Hall–Kier alpha value is -2.66. The van der Waals surface area contributed by atoms with Crippen LogP contribution in [-0.4, -0.2) is 37.9 Å². The molecule has 0 bridgehead atoms. The van der Waals surface area contributed by atoms with Gasteiger partial charge in [0.2, 0.25) is 0 Å². The molecule has 0 N–H and O–H groups in total. The van der Waals surface area contributed by atoms with Gasteiger partial charge in [0.15, 0.2) is 6.10 Å². The van der Waals surface area contributed by atoms with Crippen LogP contribution in [0.25, 0.3) is 0 Å². The summed E-state index contributed by atoms with van der Waals surface area (Å²) < 4.78 is 17.4. The number of rotatable bonds is 48. The molecule has 0 radical (unpaired) electrons. The third kappa shape index (κ3) is 50.0. The van der Waals surface area contributed by atoms with Gasteiger partial charge in [-0.3, -0.25) is 9.59 Å². The van der Waals surface area contributed by atoms with E-state index in [1.807, 2.05) is 0 Å². The summed E-state index contributed by atoms with van der Waals surface area (Å²) in [5.74, 6) is -0.427. The average Bonchev–Trinajstić information content (AvgIpc) is 3.27. The summed E-state index contributed by atoms with van der Waals surface area (Å²) in [5, 5.41) is 0. The van der Waals surface area contributed by atoms with Gasteiger partial charge in [-0.15, -0.1) is 0 Å². The van der Waals surface area contributed by atoms with Gasteiger partial charge in [0.1, 0.15) is 6.61 Å². The molecule has 0 fully saturated rings. The first-order valence-electron chi connectivity index (χ1n) is 26.5. The molecule has 0 aliphatic rings. The van der Waals surface area contributed by atoms with E-state index in [0.29, 0.717) is 19.4 Å². The van der Waals surface area contributed by atoms with E-state index in [1.165, 1.54) is 135 Å². The molecule has 5 nitrogen and oxygen atoms in total. The zero-order valence-corrected chi connectivity index (χ0v) is 41.1. The third-order valence-electron chi connectivity index (χ3n) is 11.2. The van der Waals surface area contributed by atoms with Crippen LogP contribution in [0.1, 0.15) is 252 Å². The highest BCUT2D eigenvalue weighted by Gasteiger charge is 2.17. The third-order valence-corrected chi connectivity index (χ3v) is 11.2. The fraction of sp³-hybridized carbons (Fsp3) is 0.754. The molecule has 1 unspecified atom stereocenters. The molecular formula is C57H100O5. The fourth-order valence-electron chi connectivity index (χ4n) is 7.20. The number of allylic oxidation sites excluding steroid dienone is 12. The molecule has 62 heavy (non-hydrogen) atoms. The lowest BCUT2D eigenvalue weighted by atomic mass is 10.1. The molecule has 0 aromatic heterocycles. The maximum atomic E-state index is 12.8. The number of hydrogen-bond acceptors (Lipinski definition) is 5. The van der Waals surface area contributed by atoms with Crippen LogP contribution < -0.4 is 0 Å². The number of hydrogen-bond donors (Lipinski definition) is 0. The van der Waals surface area contributed by atoms with Crippen molar-refractivity contribution >= 4 is 11.9 Å². The van der Waals surface area contributed by atoms with E-state index in [1.54, 1.807) is 0 Å². The topological polar surface area (TPSA) is 61.8 Å². The molecule has 0 aromatic rings. The summed E-state index contributed by atoms with van der Waals surface area (Å²) in [6.45, 7) is 7.69. The number of esters is 2. The quantitative estimate of drug-likeness (QED) is 0.0346. The minimum atomic E-state index is -0.553. The van der Waals surface area contributed by atoms with Gasteiger partial charge in [-0.1, -0.05) is 203 Å². The molecule has 0 spiro atoms. The normalized spacial score (nSPS) is 12.8. The summed E-state index contributed by atoms with van der Waals surface area (Å²) in [6.07, 6.45) is 67.6. The van der Waals surface area contributed by atoms with Crippen LogP contribution in [0.3, 0.4) is 0 Å². The van der Waals surface area contributed by atoms with Crippen molar-refractivity contribution in [2.75, 3.05) is 19.8 Å². The van der Waals surface area contributed by atoms with E-state index >= 15 is 0 Å². The molecule has 0 heterocycles. The highest BCUT2D eigenvalue weighted by Crippen LogP contribution is 2.13. The minimum Gasteiger partial charge on any atom is -0.462 e. The Kier molecular flexibility index (Phi) is 50.4. The van der Waals surface area contributed by atoms with Crippen molar-refractivity contribution in [3.63, 3.8) is 0 Å². The smallest absolute Gasteiger partial charge is 0.306 e. The van der Waals surface area contributed by atoms with Crippen molar-refractivity contribution in [1.82, 2.24) is 0 Å². The zero-order valence-electron chi connectivity index (χ0n) is 41.1. The number of carbonyl (C=O) groups is 2. The second-order valence-electron chi connectivity index (χ2n) is 17.4. The van der Waals surface area contributed by atoms with E-state index in [4.69, 9.17) is 14.2 Å². The number of unbranched alkanes of at least 4 members (excludes halogenated alkanes) is 25. The molecular weight excluding hydrogens is 765 g/mol. The Morgan fingerprint density at radius 1 is 0.355 bits per heavy atom. The van der Waals surface area contributed by atoms with Crippen molar-refractivity contribution in [1.29, 1.82) is 0 Å². The van der Waals surface area contributed by atoms with Crippen molar-refractivity contribution in [3.05, 3.63) is 72.9 Å². The molecule has 0 amide bonds. The van der Waals surface area contributed by atoms with Gasteiger partial charge in [0.25, 0.3) is 0 Å².